The first kappa shape index (κ1) is 14.7. The minimum absolute atomic E-state index is 0.0236. The molecular weight excluding hydrogens is 272 g/mol. The van der Waals surface area contributed by atoms with Gasteiger partial charge in [0.05, 0.1) is 5.92 Å². The molecule has 0 aromatic heterocycles. The molecule has 1 aliphatic carbocycles. The average molecular weight is 302 g/mol. The Hall–Kier alpha value is -0.830. The number of fused-ring (bicyclic) bond motifs is 1. The lowest BCUT2D eigenvalue weighted by Crippen LogP contribution is -2.53. The van der Waals surface area contributed by atoms with Gasteiger partial charge in [0.25, 0.3) is 0 Å². The van der Waals surface area contributed by atoms with Gasteiger partial charge in [-0.15, -0.1) is 0 Å². The number of carbonyl (C=O) groups is 1. The summed E-state index contributed by atoms with van der Waals surface area (Å²) in [6, 6.07) is 0.464. The molecule has 3 heteroatoms. The van der Waals surface area contributed by atoms with Crippen LogP contribution in [0, 0.1) is 28.6 Å². The average Bonchev–Trinajstić information content (AvgIpc) is 2.51. The zero-order chi connectivity index (χ0) is 15.7. The van der Waals surface area contributed by atoms with Crippen molar-refractivity contribution in [3.8, 4) is 0 Å². The fourth-order valence-corrected chi connectivity index (χ4v) is 5.94. The Kier molecular flexibility index (Phi) is 3.08. The number of hydrogen-bond donors (Lipinski definition) is 0. The minimum atomic E-state index is -0.0236. The van der Waals surface area contributed by atoms with Crippen molar-refractivity contribution in [3.05, 3.63) is 12.2 Å². The van der Waals surface area contributed by atoms with Crippen LogP contribution in [0.2, 0.25) is 0 Å². The first-order chi connectivity index (χ1) is 10.3. The molecule has 0 radical (unpaired) electrons. The lowest BCUT2D eigenvalue weighted by Gasteiger charge is -2.43. The van der Waals surface area contributed by atoms with E-state index in [4.69, 9.17) is 0 Å². The second-order valence-corrected chi connectivity index (χ2v) is 9.48. The third-order valence-corrected chi connectivity index (χ3v) is 6.63. The van der Waals surface area contributed by atoms with Crippen LogP contribution in [0.3, 0.4) is 0 Å². The molecule has 0 N–H and O–H groups in total. The van der Waals surface area contributed by atoms with E-state index in [1.54, 1.807) is 0 Å². The highest BCUT2D eigenvalue weighted by Gasteiger charge is 2.51. The van der Waals surface area contributed by atoms with Gasteiger partial charge in [-0.05, 0) is 35.5 Å². The van der Waals surface area contributed by atoms with Crippen molar-refractivity contribution in [1.29, 1.82) is 0 Å². The van der Waals surface area contributed by atoms with Crippen LogP contribution in [0.5, 0.6) is 0 Å². The van der Waals surface area contributed by atoms with Gasteiger partial charge in [-0.3, -0.25) is 4.79 Å². The molecule has 0 saturated carbocycles. The summed E-state index contributed by atoms with van der Waals surface area (Å²) in [5.74, 6) is 2.04. The first-order valence-electron chi connectivity index (χ1n) is 8.99. The van der Waals surface area contributed by atoms with Gasteiger partial charge >= 0.3 is 0 Å². The van der Waals surface area contributed by atoms with E-state index in [1.165, 1.54) is 25.9 Å². The summed E-state index contributed by atoms with van der Waals surface area (Å²) in [6.07, 6.45) is 7.10. The zero-order valence-electron chi connectivity index (χ0n) is 14.5. The lowest BCUT2D eigenvalue weighted by atomic mass is 9.70. The number of amides is 1. The number of piperidine rings is 2. The number of allylic oxidation sites excluding steroid dienone is 2. The monoisotopic (exact) mass is 302 g/mol. The molecule has 22 heavy (non-hydrogen) atoms. The molecule has 0 aromatic carbocycles. The second-order valence-electron chi connectivity index (χ2n) is 9.48. The quantitative estimate of drug-likeness (QED) is 0.695. The fraction of sp³-hybridized carbons (Fsp3) is 0.842. The van der Waals surface area contributed by atoms with Gasteiger partial charge in [0.2, 0.25) is 5.91 Å². The molecule has 4 fully saturated rings. The maximum absolute atomic E-state index is 13.5. The van der Waals surface area contributed by atoms with Crippen molar-refractivity contribution < 1.29 is 4.79 Å². The fourth-order valence-electron chi connectivity index (χ4n) is 5.94. The summed E-state index contributed by atoms with van der Waals surface area (Å²) in [6.45, 7) is 13.5. The molecule has 4 saturated heterocycles. The van der Waals surface area contributed by atoms with Gasteiger partial charge in [0, 0.05) is 32.2 Å². The number of rotatable bonds is 1. The van der Waals surface area contributed by atoms with Crippen LogP contribution < -0.4 is 0 Å². The SMILES string of the molecule is CC1(C)C=CC(C)(C)C1C(=O)N1CC2CC3CC1CN(C3)C2. The topological polar surface area (TPSA) is 23.6 Å². The molecule has 4 aliphatic heterocycles. The molecular formula is C19H30N2O. The van der Waals surface area contributed by atoms with Gasteiger partial charge < -0.3 is 9.80 Å². The van der Waals surface area contributed by atoms with Gasteiger partial charge in [0.1, 0.15) is 0 Å². The number of hydrogen-bond acceptors (Lipinski definition) is 2. The molecule has 122 valence electrons. The van der Waals surface area contributed by atoms with Crippen LogP contribution in [-0.2, 0) is 4.79 Å². The largest absolute Gasteiger partial charge is 0.338 e. The third kappa shape index (κ3) is 2.16. The summed E-state index contributed by atoms with van der Waals surface area (Å²) in [4.78, 5) is 18.4. The number of carbonyl (C=O) groups excluding carboxylic acids is 1. The Morgan fingerprint density at radius 1 is 0.909 bits per heavy atom. The van der Waals surface area contributed by atoms with Crippen molar-refractivity contribution >= 4 is 5.91 Å². The van der Waals surface area contributed by atoms with E-state index in [9.17, 15) is 4.79 Å². The normalized spacial score (nSPS) is 41.9. The maximum atomic E-state index is 13.5. The van der Waals surface area contributed by atoms with E-state index < -0.39 is 0 Å². The summed E-state index contributed by atoms with van der Waals surface area (Å²) < 4.78 is 0. The molecule has 0 spiro atoms. The zero-order valence-corrected chi connectivity index (χ0v) is 14.5. The maximum Gasteiger partial charge on any atom is 0.227 e. The Labute approximate surface area is 134 Å². The Morgan fingerprint density at radius 3 is 2.18 bits per heavy atom. The van der Waals surface area contributed by atoms with Crippen LogP contribution >= 0.6 is 0 Å². The van der Waals surface area contributed by atoms with Crippen LogP contribution in [0.15, 0.2) is 12.2 Å². The molecule has 5 rings (SSSR count). The molecule has 5 aliphatic rings. The van der Waals surface area contributed by atoms with E-state index in [2.05, 4.69) is 49.6 Å². The molecule has 4 bridgehead atoms. The molecule has 1 amide bonds. The van der Waals surface area contributed by atoms with Crippen molar-refractivity contribution in [2.45, 2.75) is 46.6 Å². The van der Waals surface area contributed by atoms with E-state index in [1.807, 2.05) is 0 Å². The van der Waals surface area contributed by atoms with Gasteiger partial charge in [0.15, 0.2) is 0 Å². The van der Waals surface area contributed by atoms with E-state index >= 15 is 0 Å². The van der Waals surface area contributed by atoms with Crippen molar-refractivity contribution in [2.24, 2.45) is 28.6 Å². The highest BCUT2D eigenvalue weighted by Crippen LogP contribution is 2.50. The van der Waals surface area contributed by atoms with Gasteiger partial charge in [-0.2, -0.15) is 0 Å². The van der Waals surface area contributed by atoms with E-state index in [-0.39, 0.29) is 16.7 Å². The lowest BCUT2D eigenvalue weighted by molar-refractivity contribution is -0.144. The molecule has 3 nitrogen and oxygen atoms in total. The Balaban J connectivity index is 1.63. The molecule has 4 atom stereocenters. The smallest absolute Gasteiger partial charge is 0.227 e. The van der Waals surface area contributed by atoms with Gasteiger partial charge in [-0.25, -0.2) is 0 Å². The second kappa shape index (κ2) is 4.59. The highest BCUT2D eigenvalue weighted by atomic mass is 16.2. The van der Waals surface area contributed by atoms with Crippen LogP contribution in [0.1, 0.15) is 40.5 Å². The number of nitrogens with zero attached hydrogens (tertiary/aromatic N) is 2. The van der Waals surface area contributed by atoms with E-state index in [0.29, 0.717) is 17.9 Å². The van der Waals surface area contributed by atoms with Gasteiger partial charge in [-0.1, -0.05) is 39.8 Å². The molecule has 4 unspecified atom stereocenters. The predicted molar refractivity (Wildman–Crippen MR) is 88.3 cm³/mol. The molecule has 4 heterocycles. The van der Waals surface area contributed by atoms with Crippen molar-refractivity contribution in [3.63, 3.8) is 0 Å². The van der Waals surface area contributed by atoms with Crippen LogP contribution in [0.25, 0.3) is 0 Å². The summed E-state index contributed by atoms with van der Waals surface area (Å²) in [5, 5.41) is 0. The summed E-state index contributed by atoms with van der Waals surface area (Å²) in [7, 11) is 0. The van der Waals surface area contributed by atoms with Crippen LogP contribution in [0.4, 0.5) is 0 Å². The standard InChI is InChI=1S/C19H30N2O/c1-18(2)5-6-19(3,4)16(18)17(22)21-11-14-7-13-8-15(21)12-20(9-13)10-14/h5-6,13-16H,7-12H2,1-4H3. The summed E-state index contributed by atoms with van der Waals surface area (Å²) in [5.41, 5.74) is -0.0472. The van der Waals surface area contributed by atoms with Crippen molar-refractivity contribution in [2.75, 3.05) is 26.2 Å². The van der Waals surface area contributed by atoms with Crippen molar-refractivity contribution in [1.82, 2.24) is 9.80 Å². The van der Waals surface area contributed by atoms with E-state index in [0.717, 1.165) is 19.0 Å². The predicted octanol–water partition coefficient (Wildman–Crippen LogP) is 2.78. The Morgan fingerprint density at radius 2 is 1.55 bits per heavy atom. The Bertz CT molecular complexity index is 490. The first-order valence-corrected chi connectivity index (χ1v) is 8.99. The molecule has 0 aromatic rings. The summed E-state index contributed by atoms with van der Waals surface area (Å²) >= 11 is 0. The minimum Gasteiger partial charge on any atom is -0.338 e. The van der Waals surface area contributed by atoms with Crippen LogP contribution in [-0.4, -0.2) is 47.9 Å². The third-order valence-electron chi connectivity index (χ3n) is 6.63. The highest BCUT2D eigenvalue weighted by molar-refractivity contribution is 5.82.